The van der Waals surface area contributed by atoms with Gasteiger partial charge in [-0.05, 0) is 26.0 Å². The zero-order valence-electron chi connectivity index (χ0n) is 11.2. The number of benzene rings is 1. The van der Waals surface area contributed by atoms with Gasteiger partial charge in [-0.15, -0.1) is 0 Å². The molecule has 0 unspecified atom stereocenters. The molecule has 0 spiro atoms. The maximum Gasteiger partial charge on any atom is 0.307 e. The molecule has 0 aliphatic carbocycles. The van der Waals surface area contributed by atoms with Crippen LogP contribution < -0.4 is 5.73 Å². The summed E-state index contributed by atoms with van der Waals surface area (Å²) in [4.78, 5) is 10.3. The van der Waals surface area contributed by atoms with Crippen molar-refractivity contribution in [2.45, 2.75) is 31.2 Å². The van der Waals surface area contributed by atoms with E-state index in [9.17, 15) is 13.2 Å². The first-order valence-corrected chi connectivity index (χ1v) is 6.97. The largest absolute Gasteiger partial charge is 0.469 e. The van der Waals surface area contributed by atoms with Gasteiger partial charge in [0, 0.05) is 6.04 Å². The maximum atomic E-state index is 10.5. The van der Waals surface area contributed by atoms with Crippen molar-refractivity contribution in [3.8, 4) is 0 Å². The van der Waals surface area contributed by atoms with Crippen LogP contribution in [0.25, 0.3) is 0 Å². The average molecular weight is 289 g/mol. The van der Waals surface area contributed by atoms with Gasteiger partial charge in [-0.3, -0.25) is 9.35 Å². The molecule has 1 aromatic rings. The Morgan fingerprint density at radius 1 is 1.37 bits per heavy atom. The SMILES string of the molecule is COC(=O)C[C@@H](C)N.Cc1ccc(S(=O)(=O)O)cc1. The molecule has 7 heteroatoms. The van der Waals surface area contributed by atoms with E-state index >= 15 is 0 Å². The Balaban J connectivity index is 0.000000362. The van der Waals surface area contributed by atoms with Gasteiger partial charge in [0.1, 0.15) is 0 Å². The van der Waals surface area contributed by atoms with Crippen molar-refractivity contribution in [3.63, 3.8) is 0 Å². The van der Waals surface area contributed by atoms with Crippen LogP contribution in [0.5, 0.6) is 0 Å². The van der Waals surface area contributed by atoms with Crippen LogP contribution in [-0.4, -0.2) is 32.1 Å². The number of esters is 1. The Kier molecular flexibility index (Phi) is 7.28. The van der Waals surface area contributed by atoms with Crippen molar-refractivity contribution in [2.75, 3.05) is 7.11 Å². The zero-order valence-corrected chi connectivity index (χ0v) is 12.0. The molecule has 0 fully saturated rings. The maximum absolute atomic E-state index is 10.5. The predicted molar refractivity (Wildman–Crippen MR) is 71.3 cm³/mol. The monoisotopic (exact) mass is 289 g/mol. The molecular weight excluding hydrogens is 270 g/mol. The van der Waals surface area contributed by atoms with Crippen LogP contribution in [0, 0.1) is 6.92 Å². The predicted octanol–water partition coefficient (Wildman–Crippen LogP) is 1.14. The number of hydrogen-bond donors (Lipinski definition) is 2. The first-order chi connectivity index (χ1) is 8.66. The Bertz CT molecular complexity index is 493. The molecule has 19 heavy (non-hydrogen) atoms. The van der Waals surface area contributed by atoms with Gasteiger partial charge in [-0.1, -0.05) is 17.7 Å². The Labute approximate surface area is 113 Å². The minimum Gasteiger partial charge on any atom is -0.469 e. The molecule has 0 saturated carbocycles. The van der Waals surface area contributed by atoms with E-state index in [0.29, 0.717) is 6.42 Å². The molecule has 0 heterocycles. The minimum absolute atomic E-state index is 0.0666. The number of aryl methyl sites for hydroxylation is 1. The normalized spacial score (nSPS) is 12.1. The first-order valence-electron chi connectivity index (χ1n) is 5.53. The summed E-state index contributed by atoms with van der Waals surface area (Å²) in [5.74, 6) is -0.250. The summed E-state index contributed by atoms with van der Waals surface area (Å²) in [6.07, 6.45) is 0.302. The van der Waals surface area contributed by atoms with E-state index in [2.05, 4.69) is 4.74 Å². The van der Waals surface area contributed by atoms with Crippen molar-refractivity contribution >= 4 is 16.1 Å². The summed E-state index contributed by atoms with van der Waals surface area (Å²) in [7, 11) is -2.67. The van der Waals surface area contributed by atoms with Crippen LogP contribution in [0.3, 0.4) is 0 Å². The molecular formula is C12H19NO5S. The lowest BCUT2D eigenvalue weighted by Crippen LogP contribution is -2.20. The molecule has 6 nitrogen and oxygen atoms in total. The summed E-state index contributed by atoms with van der Waals surface area (Å²) < 4.78 is 33.9. The quantitative estimate of drug-likeness (QED) is 0.638. The van der Waals surface area contributed by atoms with E-state index in [4.69, 9.17) is 10.3 Å². The second-order valence-electron chi connectivity index (χ2n) is 4.05. The molecule has 0 aromatic heterocycles. The number of hydrogen-bond acceptors (Lipinski definition) is 5. The lowest BCUT2D eigenvalue weighted by molar-refractivity contribution is -0.140. The Hall–Kier alpha value is -1.44. The summed E-state index contributed by atoms with van der Waals surface area (Å²) >= 11 is 0. The number of carbonyl (C=O) groups is 1. The van der Waals surface area contributed by atoms with Crippen molar-refractivity contribution in [1.82, 2.24) is 0 Å². The van der Waals surface area contributed by atoms with Crippen molar-refractivity contribution in [1.29, 1.82) is 0 Å². The fraction of sp³-hybridized carbons (Fsp3) is 0.417. The molecule has 0 amide bonds. The molecule has 0 aliphatic heterocycles. The van der Waals surface area contributed by atoms with Crippen LogP contribution >= 0.6 is 0 Å². The van der Waals surface area contributed by atoms with Gasteiger partial charge in [0.2, 0.25) is 0 Å². The summed E-state index contributed by atoms with van der Waals surface area (Å²) in [5, 5.41) is 0. The van der Waals surface area contributed by atoms with Crippen LogP contribution in [0.15, 0.2) is 29.2 Å². The third-order valence-electron chi connectivity index (χ3n) is 2.04. The second-order valence-corrected chi connectivity index (χ2v) is 5.47. The minimum atomic E-state index is -4.02. The second kappa shape index (κ2) is 7.88. The van der Waals surface area contributed by atoms with E-state index in [0.717, 1.165) is 5.56 Å². The first kappa shape index (κ1) is 17.6. The smallest absolute Gasteiger partial charge is 0.307 e. The zero-order chi connectivity index (χ0) is 15.1. The Morgan fingerprint density at radius 3 is 2.11 bits per heavy atom. The molecule has 0 bridgehead atoms. The van der Waals surface area contributed by atoms with Gasteiger partial charge >= 0.3 is 5.97 Å². The van der Waals surface area contributed by atoms with Gasteiger partial charge in [0.15, 0.2) is 0 Å². The summed E-state index contributed by atoms with van der Waals surface area (Å²) in [6.45, 7) is 3.60. The number of rotatable bonds is 3. The fourth-order valence-corrected chi connectivity index (χ4v) is 1.54. The van der Waals surface area contributed by atoms with Crippen LogP contribution in [0.4, 0.5) is 0 Å². The van der Waals surface area contributed by atoms with E-state index in [1.807, 2.05) is 6.92 Å². The van der Waals surface area contributed by atoms with Crippen molar-refractivity contribution < 1.29 is 22.5 Å². The highest BCUT2D eigenvalue weighted by molar-refractivity contribution is 7.85. The van der Waals surface area contributed by atoms with E-state index in [1.54, 1.807) is 19.1 Å². The van der Waals surface area contributed by atoms with Crippen molar-refractivity contribution in [3.05, 3.63) is 29.8 Å². The fourth-order valence-electron chi connectivity index (χ4n) is 1.06. The third kappa shape index (κ3) is 8.30. The van der Waals surface area contributed by atoms with Gasteiger partial charge in [-0.2, -0.15) is 8.42 Å². The summed E-state index contributed by atoms with van der Waals surface area (Å²) in [5.41, 5.74) is 6.22. The van der Waals surface area contributed by atoms with E-state index < -0.39 is 10.1 Å². The summed E-state index contributed by atoms with van der Waals surface area (Å²) in [6, 6.07) is 5.89. The number of nitrogens with two attached hydrogens (primary N) is 1. The lowest BCUT2D eigenvalue weighted by atomic mass is 10.2. The molecule has 0 radical (unpaired) electrons. The number of methoxy groups -OCH3 is 1. The van der Waals surface area contributed by atoms with Gasteiger partial charge < -0.3 is 10.5 Å². The van der Waals surface area contributed by atoms with E-state index in [1.165, 1.54) is 19.2 Å². The lowest BCUT2D eigenvalue weighted by Gasteiger charge is -2.00. The highest BCUT2D eigenvalue weighted by atomic mass is 32.2. The molecule has 1 rings (SSSR count). The topological polar surface area (TPSA) is 107 Å². The number of ether oxygens (including phenoxy) is 1. The van der Waals surface area contributed by atoms with Crippen LogP contribution in [0.2, 0.25) is 0 Å². The molecule has 1 atom stereocenters. The van der Waals surface area contributed by atoms with Crippen LogP contribution in [0.1, 0.15) is 18.9 Å². The number of carbonyl (C=O) groups excluding carboxylic acids is 1. The van der Waals surface area contributed by atoms with Crippen molar-refractivity contribution in [2.24, 2.45) is 5.73 Å². The van der Waals surface area contributed by atoms with Crippen LogP contribution in [-0.2, 0) is 19.6 Å². The van der Waals surface area contributed by atoms with E-state index in [-0.39, 0.29) is 16.9 Å². The highest BCUT2D eigenvalue weighted by Crippen LogP contribution is 2.08. The molecule has 0 aliphatic rings. The van der Waals surface area contributed by atoms with Gasteiger partial charge in [-0.25, -0.2) is 0 Å². The Morgan fingerprint density at radius 2 is 1.84 bits per heavy atom. The molecule has 0 saturated heterocycles. The molecule has 3 N–H and O–H groups in total. The van der Waals surface area contributed by atoms with Gasteiger partial charge in [0.25, 0.3) is 10.1 Å². The van der Waals surface area contributed by atoms with Gasteiger partial charge in [0.05, 0.1) is 18.4 Å². The molecule has 108 valence electrons. The standard InChI is InChI=1S/C7H8O3S.C5H11NO2/c1-6-2-4-7(5-3-6)11(8,9)10;1-4(6)3-5(7)8-2/h2-5H,1H3,(H,8,9,10);4H,3,6H2,1-2H3/t;4-/m.1/s1. The highest BCUT2D eigenvalue weighted by Gasteiger charge is 2.06. The third-order valence-corrected chi connectivity index (χ3v) is 2.90. The average Bonchev–Trinajstić information content (AvgIpc) is 2.28. The molecule has 1 aromatic carbocycles.